The van der Waals surface area contributed by atoms with Crippen molar-refractivity contribution < 1.29 is 4.79 Å². The Kier molecular flexibility index (Phi) is 4.39. The SMILES string of the molecule is CCCCCCC(=O)C1CC2CCC(C1)N2. The van der Waals surface area contributed by atoms with E-state index >= 15 is 0 Å². The van der Waals surface area contributed by atoms with Crippen molar-refractivity contribution in [3.63, 3.8) is 0 Å². The molecule has 0 spiro atoms. The summed E-state index contributed by atoms with van der Waals surface area (Å²) >= 11 is 0. The molecule has 0 radical (unpaired) electrons. The number of rotatable bonds is 6. The minimum atomic E-state index is 0.389. The Morgan fingerprint density at radius 3 is 2.44 bits per heavy atom. The van der Waals surface area contributed by atoms with E-state index in [1.165, 1.54) is 32.1 Å². The predicted molar refractivity (Wildman–Crippen MR) is 66.4 cm³/mol. The van der Waals surface area contributed by atoms with Crippen LogP contribution in [0.2, 0.25) is 0 Å². The Morgan fingerprint density at radius 2 is 1.81 bits per heavy atom. The molecular formula is C14H25NO. The van der Waals surface area contributed by atoms with Gasteiger partial charge in [-0.3, -0.25) is 4.79 Å². The Bertz CT molecular complexity index is 227. The summed E-state index contributed by atoms with van der Waals surface area (Å²) in [6.07, 6.45) is 10.5. The van der Waals surface area contributed by atoms with Crippen LogP contribution in [0.1, 0.15) is 64.7 Å². The van der Waals surface area contributed by atoms with Crippen molar-refractivity contribution in [2.75, 3.05) is 0 Å². The second-order valence-electron chi connectivity index (χ2n) is 5.58. The monoisotopic (exact) mass is 223 g/mol. The van der Waals surface area contributed by atoms with E-state index in [2.05, 4.69) is 12.2 Å². The third-order valence-electron chi connectivity index (χ3n) is 4.21. The van der Waals surface area contributed by atoms with E-state index in [4.69, 9.17) is 0 Å². The Balaban J connectivity index is 1.69. The molecule has 2 fully saturated rings. The highest BCUT2D eigenvalue weighted by Crippen LogP contribution is 2.32. The number of carbonyl (C=O) groups excluding carboxylic acids is 1. The molecule has 2 bridgehead atoms. The lowest BCUT2D eigenvalue weighted by molar-refractivity contribution is -0.124. The highest BCUT2D eigenvalue weighted by molar-refractivity contribution is 5.81. The molecule has 2 unspecified atom stereocenters. The van der Waals surface area contributed by atoms with E-state index in [9.17, 15) is 4.79 Å². The summed E-state index contributed by atoms with van der Waals surface area (Å²) in [4.78, 5) is 12.1. The van der Waals surface area contributed by atoms with Gasteiger partial charge in [0, 0.05) is 24.4 Å². The lowest BCUT2D eigenvalue weighted by Crippen LogP contribution is -2.40. The minimum Gasteiger partial charge on any atom is -0.311 e. The number of hydrogen-bond acceptors (Lipinski definition) is 2. The first kappa shape index (κ1) is 12.1. The van der Waals surface area contributed by atoms with Crippen molar-refractivity contribution >= 4 is 5.78 Å². The molecule has 0 aromatic rings. The van der Waals surface area contributed by atoms with Gasteiger partial charge in [-0.25, -0.2) is 0 Å². The highest BCUT2D eigenvalue weighted by Gasteiger charge is 2.35. The van der Waals surface area contributed by atoms with Gasteiger partial charge in [-0.2, -0.15) is 0 Å². The summed E-state index contributed by atoms with van der Waals surface area (Å²) in [5.41, 5.74) is 0. The maximum atomic E-state index is 12.1. The Hall–Kier alpha value is -0.370. The molecule has 2 atom stereocenters. The van der Waals surface area contributed by atoms with Gasteiger partial charge < -0.3 is 5.32 Å². The molecule has 2 aliphatic heterocycles. The number of hydrogen-bond donors (Lipinski definition) is 1. The van der Waals surface area contributed by atoms with E-state index in [0.717, 1.165) is 25.7 Å². The van der Waals surface area contributed by atoms with Crippen molar-refractivity contribution in [2.45, 2.75) is 76.8 Å². The molecule has 2 nitrogen and oxygen atoms in total. The molecule has 0 aromatic carbocycles. The fraction of sp³-hybridized carbons (Fsp3) is 0.929. The average molecular weight is 223 g/mol. The van der Waals surface area contributed by atoms with Gasteiger partial charge in [-0.15, -0.1) is 0 Å². The van der Waals surface area contributed by atoms with Crippen LogP contribution >= 0.6 is 0 Å². The van der Waals surface area contributed by atoms with E-state index in [1.807, 2.05) is 0 Å². The second-order valence-corrected chi connectivity index (χ2v) is 5.58. The number of piperidine rings is 1. The van der Waals surface area contributed by atoms with E-state index in [-0.39, 0.29) is 0 Å². The molecule has 1 N–H and O–H groups in total. The summed E-state index contributed by atoms with van der Waals surface area (Å²) in [6, 6.07) is 1.31. The molecular weight excluding hydrogens is 198 g/mol. The number of Topliss-reactive ketones (excluding diaryl/α,β-unsaturated/α-hetero) is 1. The summed E-state index contributed by atoms with van der Waals surface area (Å²) < 4.78 is 0. The Labute approximate surface area is 99.2 Å². The van der Waals surface area contributed by atoms with Gasteiger partial charge in [0.15, 0.2) is 0 Å². The van der Waals surface area contributed by atoms with E-state index < -0.39 is 0 Å². The first-order chi connectivity index (χ1) is 7.79. The quantitative estimate of drug-likeness (QED) is 0.701. The molecule has 0 aromatic heterocycles. The molecule has 0 amide bonds. The average Bonchev–Trinajstić information content (AvgIpc) is 2.63. The summed E-state index contributed by atoms with van der Waals surface area (Å²) in [7, 11) is 0. The van der Waals surface area contributed by atoms with E-state index in [0.29, 0.717) is 23.8 Å². The van der Waals surface area contributed by atoms with Gasteiger partial charge in [0.1, 0.15) is 5.78 Å². The van der Waals surface area contributed by atoms with Crippen molar-refractivity contribution in [1.29, 1.82) is 0 Å². The molecule has 2 rings (SSSR count). The molecule has 2 heterocycles. The van der Waals surface area contributed by atoms with Crippen molar-refractivity contribution in [1.82, 2.24) is 5.32 Å². The molecule has 92 valence electrons. The van der Waals surface area contributed by atoms with Gasteiger partial charge in [0.25, 0.3) is 0 Å². The van der Waals surface area contributed by atoms with Gasteiger partial charge >= 0.3 is 0 Å². The topological polar surface area (TPSA) is 29.1 Å². The molecule has 2 heteroatoms. The third-order valence-corrected chi connectivity index (χ3v) is 4.21. The number of unbranched alkanes of at least 4 members (excludes halogenated alkanes) is 3. The highest BCUT2D eigenvalue weighted by atomic mass is 16.1. The van der Waals surface area contributed by atoms with Crippen LogP contribution < -0.4 is 5.32 Å². The lowest BCUT2D eigenvalue weighted by Gasteiger charge is -2.28. The van der Waals surface area contributed by atoms with Gasteiger partial charge in [0.05, 0.1) is 0 Å². The van der Waals surface area contributed by atoms with Crippen LogP contribution in [-0.4, -0.2) is 17.9 Å². The third kappa shape index (κ3) is 3.07. The van der Waals surface area contributed by atoms with Crippen LogP contribution in [0.4, 0.5) is 0 Å². The first-order valence-electron chi connectivity index (χ1n) is 7.08. The standard InChI is InChI=1S/C14H25NO/c1-2-3-4-5-6-14(16)11-9-12-7-8-13(10-11)15-12/h11-13,15H,2-10H2,1H3. The zero-order valence-electron chi connectivity index (χ0n) is 10.5. The number of ketones is 1. The fourth-order valence-electron chi connectivity index (χ4n) is 3.25. The summed E-state index contributed by atoms with van der Waals surface area (Å²) in [5.74, 6) is 0.940. The number of fused-ring (bicyclic) bond motifs is 2. The lowest BCUT2D eigenvalue weighted by atomic mass is 9.87. The van der Waals surface area contributed by atoms with Crippen molar-refractivity contribution in [2.24, 2.45) is 5.92 Å². The Morgan fingerprint density at radius 1 is 1.12 bits per heavy atom. The van der Waals surface area contributed by atoms with E-state index in [1.54, 1.807) is 0 Å². The molecule has 2 aliphatic rings. The van der Waals surface area contributed by atoms with Gasteiger partial charge in [-0.1, -0.05) is 26.2 Å². The number of nitrogens with one attached hydrogen (secondary N) is 1. The predicted octanol–water partition coefficient (Wildman–Crippen LogP) is 3.06. The molecule has 0 saturated carbocycles. The van der Waals surface area contributed by atoms with Gasteiger partial charge in [-0.05, 0) is 32.1 Å². The van der Waals surface area contributed by atoms with Crippen LogP contribution in [0.15, 0.2) is 0 Å². The minimum absolute atomic E-state index is 0.389. The summed E-state index contributed by atoms with van der Waals surface area (Å²) in [6.45, 7) is 2.21. The first-order valence-corrected chi connectivity index (χ1v) is 7.08. The van der Waals surface area contributed by atoms with Gasteiger partial charge in [0.2, 0.25) is 0 Å². The maximum Gasteiger partial charge on any atom is 0.136 e. The molecule has 16 heavy (non-hydrogen) atoms. The van der Waals surface area contributed by atoms with Crippen molar-refractivity contribution in [3.05, 3.63) is 0 Å². The van der Waals surface area contributed by atoms with Crippen molar-refractivity contribution in [3.8, 4) is 0 Å². The van der Waals surface area contributed by atoms with Crippen LogP contribution in [-0.2, 0) is 4.79 Å². The van der Waals surface area contributed by atoms with Crippen LogP contribution in [0.25, 0.3) is 0 Å². The van der Waals surface area contributed by atoms with Crippen LogP contribution in [0.3, 0.4) is 0 Å². The molecule has 0 aliphatic carbocycles. The maximum absolute atomic E-state index is 12.1. The van der Waals surface area contributed by atoms with Crippen LogP contribution in [0.5, 0.6) is 0 Å². The fourth-order valence-corrected chi connectivity index (χ4v) is 3.25. The summed E-state index contributed by atoms with van der Waals surface area (Å²) in [5, 5.41) is 3.60. The largest absolute Gasteiger partial charge is 0.311 e. The second kappa shape index (κ2) is 5.81. The number of carbonyl (C=O) groups is 1. The van der Waals surface area contributed by atoms with Crippen LogP contribution in [0, 0.1) is 5.92 Å². The normalized spacial score (nSPS) is 32.9. The zero-order valence-corrected chi connectivity index (χ0v) is 10.5. The zero-order chi connectivity index (χ0) is 11.4. The molecule has 2 saturated heterocycles. The smallest absolute Gasteiger partial charge is 0.136 e.